The SMILES string of the molecule is CC/C=C\C/C=C\CCCCCCCCCCCCCCC(O)CC(=O)NC(CO)C(O)/C=C/CCCCCCCCCCCCCC. The molecule has 0 rings (SSSR count). The van der Waals surface area contributed by atoms with Crippen molar-refractivity contribution in [3.05, 3.63) is 36.5 Å². The molecule has 1 amide bonds. The zero-order valence-corrected chi connectivity index (χ0v) is 31.9. The molecule has 4 N–H and O–H groups in total. The standard InChI is InChI=1S/C43H81NO4/c1-3-5-7-9-11-13-15-17-19-20-21-22-23-24-26-28-30-32-34-36-40(46)38-43(48)44-41(39-45)42(47)37-35-33-31-29-27-25-18-16-14-12-10-8-6-4-2/h5,7,11,13,35,37,40-42,45-47H,3-4,6,8-10,12,14-34,36,38-39H2,1-2H3,(H,44,48)/b7-5-,13-11-,37-35+. The van der Waals surface area contributed by atoms with Gasteiger partial charge in [0.25, 0.3) is 0 Å². The van der Waals surface area contributed by atoms with Crippen molar-refractivity contribution in [1.29, 1.82) is 0 Å². The first-order valence-electron chi connectivity index (χ1n) is 20.8. The minimum atomic E-state index is -0.927. The van der Waals surface area contributed by atoms with Gasteiger partial charge in [-0.3, -0.25) is 4.79 Å². The molecular weight excluding hydrogens is 594 g/mol. The van der Waals surface area contributed by atoms with Gasteiger partial charge >= 0.3 is 0 Å². The lowest BCUT2D eigenvalue weighted by Gasteiger charge is -2.21. The molecular formula is C43H81NO4. The Bertz CT molecular complexity index is 749. The summed E-state index contributed by atoms with van der Waals surface area (Å²) in [6, 6.07) is -0.742. The Hall–Kier alpha value is -1.43. The molecule has 5 nitrogen and oxygen atoms in total. The van der Waals surface area contributed by atoms with Gasteiger partial charge in [0.15, 0.2) is 0 Å². The first-order valence-corrected chi connectivity index (χ1v) is 20.8. The molecule has 0 saturated heterocycles. The summed E-state index contributed by atoms with van der Waals surface area (Å²) in [7, 11) is 0. The molecule has 0 fully saturated rings. The number of rotatable bonds is 37. The first-order chi connectivity index (χ1) is 23.5. The zero-order valence-electron chi connectivity index (χ0n) is 31.9. The van der Waals surface area contributed by atoms with E-state index in [1.54, 1.807) is 6.08 Å². The van der Waals surface area contributed by atoms with Crippen LogP contribution in [0.1, 0.15) is 206 Å². The molecule has 0 aromatic rings. The van der Waals surface area contributed by atoms with E-state index in [1.807, 2.05) is 6.08 Å². The number of carbonyl (C=O) groups excluding carboxylic acids is 1. The van der Waals surface area contributed by atoms with E-state index in [1.165, 1.54) is 141 Å². The van der Waals surface area contributed by atoms with Crippen LogP contribution in [-0.4, -0.2) is 46.1 Å². The Kier molecular flexibility index (Phi) is 37.2. The fraction of sp³-hybridized carbons (Fsp3) is 0.837. The molecule has 0 saturated carbocycles. The molecule has 0 aliphatic heterocycles. The van der Waals surface area contributed by atoms with Crippen molar-refractivity contribution in [3.8, 4) is 0 Å². The van der Waals surface area contributed by atoms with Crippen molar-refractivity contribution in [2.75, 3.05) is 6.61 Å². The summed E-state index contributed by atoms with van der Waals surface area (Å²) in [6.07, 6.45) is 47.1. The summed E-state index contributed by atoms with van der Waals surface area (Å²) in [5.74, 6) is -0.317. The van der Waals surface area contributed by atoms with Gasteiger partial charge in [-0.05, 0) is 44.9 Å². The van der Waals surface area contributed by atoms with E-state index in [9.17, 15) is 20.1 Å². The van der Waals surface area contributed by atoms with Crippen LogP contribution in [0.25, 0.3) is 0 Å². The maximum Gasteiger partial charge on any atom is 0.222 e. The lowest BCUT2D eigenvalue weighted by atomic mass is 10.0. The second kappa shape index (κ2) is 38.4. The van der Waals surface area contributed by atoms with Crippen LogP contribution in [-0.2, 0) is 4.79 Å². The summed E-state index contributed by atoms with van der Waals surface area (Å²) < 4.78 is 0. The average molecular weight is 676 g/mol. The van der Waals surface area contributed by atoms with E-state index in [2.05, 4.69) is 43.5 Å². The van der Waals surface area contributed by atoms with Gasteiger partial charge in [-0.15, -0.1) is 0 Å². The molecule has 0 heterocycles. The van der Waals surface area contributed by atoms with Crippen LogP contribution in [0.5, 0.6) is 0 Å². The van der Waals surface area contributed by atoms with Crippen molar-refractivity contribution >= 4 is 5.91 Å². The van der Waals surface area contributed by atoms with Gasteiger partial charge < -0.3 is 20.6 Å². The Balaban J connectivity index is 3.67. The highest BCUT2D eigenvalue weighted by Crippen LogP contribution is 2.15. The fourth-order valence-electron chi connectivity index (χ4n) is 6.26. The molecule has 0 aliphatic rings. The highest BCUT2D eigenvalue weighted by molar-refractivity contribution is 5.76. The van der Waals surface area contributed by atoms with E-state index < -0.39 is 18.2 Å². The van der Waals surface area contributed by atoms with E-state index in [0.29, 0.717) is 6.42 Å². The molecule has 48 heavy (non-hydrogen) atoms. The number of aliphatic hydroxyl groups is 3. The molecule has 0 bridgehead atoms. The van der Waals surface area contributed by atoms with Gasteiger partial charge in [0.1, 0.15) is 0 Å². The quantitative estimate of drug-likeness (QED) is 0.0390. The lowest BCUT2D eigenvalue weighted by molar-refractivity contribution is -0.124. The number of aliphatic hydroxyl groups excluding tert-OH is 3. The van der Waals surface area contributed by atoms with Gasteiger partial charge in [0, 0.05) is 0 Å². The first kappa shape index (κ1) is 46.6. The fourth-order valence-corrected chi connectivity index (χ4v) is 6.26. The van der Waals surface area contributed by atoms with Gasteiger partial charge in [0.05, 0.1) is 31.3 Å². The summed E-state index contributed by atoms with van der Waals surface area (Å²) in [5.41, 5.74) is 0. The molecule has 3 atom stereocenters. The van der Waals surface area contributed by atoms with Crippen LogP contribution in [0.2, 0.25) is 0 Å². The van der Waals surface area contributed by atoms with Crippen molar-refractivity contribution < 1.29 is 20.1 Å². The number of unbranched alkanes of at least 4 members (excludes halogenated alkanes) is 24. The average Bonchev–Trinajstić information content (AvgIpc) is 3.08. The van der Waals surface area contributed by atoms with Crippen LogP contribution in [0.15, 0.2) is 36.5 Å². The summed E-state index contributed by atoms with van der Waals surface area (Å²) >= 11 is 0. The van der Waals surface area contributed by atoms with Gasteiger partial charge in [0.2, 0.25) is 5.91 Å². The maximum atomic E-state index is 12.4. The third-order valence-electron chi connectivity index (χ3n) is 9.43. The normalized spacial score (nSPS) is 14.0. The molecule has 0 aliphatic carbocycles. The molecule has 3 unspecified atom stereocenters. The van der Waals surface area contributed by atoms with Gasteiger partial charge in [-0.1, -0.05) is 192 Å². The van der Waals surface area contributed by atoms with Crippen molar-refractivity contribution in [3.63, 3.8) is 0 Å². The van der Waals surface area contributed by atoms with E-state index in [4.69, 9.17) is 0 Å². The summed E-state index contributed by atoms with van der Waals surface area (Å²) in [5, 5.41) is 33.2. The van der Waals surface area contributed by atoms with Crippen molar-refractivity contribution in [2.24, 2.45) is 0 Å². The number of allylic oxidation sites excluding steroid dienone is 5. The largest absolute Gasteiger partial charge is 0.394 e. The molecule has 0 radical (unpaired) electrons. The highest BCUT2D eigenvalue weighted by Gasteiger charge is 2.20. The van der Waals surface area contributed by atoms with E-state index in [0.717, 1.165) is 38.5 Å². The van der Waals surface area contributed by atoms with Crippen LogP contribution in [0.4, 0.5) is 0 Å². The minimum Gasteiger partial charge on any atom is -0.394 e. The number of nitrogens with one attached hydrogen (secondary N) is 1. The molecule has 282 valence electrons. The maximum absolute atomic E-state index is 12.4. The third-order valence-corrected chi connectivity index (χ3v) is 9.43. The third kappa shape index (κ3) is 34.4. The number of carbonyl (C=O) groups is 1. The molecule has 5 heteroatoms. The Morgan fingerprint density at radius 3 is 1.48 bits per heavy atom. The number of hydrogen-bond acceptors (Lipinski definition) is 4. The van der Waals surface area contributed by atoms with Crippen molar-refractivity contribution in [2.45, 2.75) is 225 Å². The molecule has 0 aromatic carbocycles. The summed E-state index contributed by atoms with van der Waals surface area (Å²) in [4.78, 5) is 12.4. The van der Waals surface area contributed by atoms with Crippen LogP contribution < -0.4 is 5.32 Å². The Morgan fingerprint density at radius 2 is 1.00 bits per heavy atom. The van der Waals surface area contributed by atoms with Crippen LogP contribution >= 0.6 is 0 Å². The predicted molar refractivity (Wildman–Crippen MR) is 208 cm³/mol. The topological polar surface area (TPSA) is 89.8 Å². The van der Waals surface area contributed by atoms with Crippen LogP contribution in [0.3, 0.4) is 0 Å². The highest BCUT2D eigenvalue weighted by atomic mass is 16.3. The minimum absolute atomic E-state index is 0.0130. The van der Waals surface area contributed by atoms with E-state index >= 15 is 0 Å². The monoisotopic (exact) mass is 676 g/mol. The zero-order chi connectivity index (χ0) is 35.2. The predicted octanol–water partition coefficient (Wildman–Crippen LogP) is 11.6. The molecule has 0 spiro atoms. The Labute approximate surface area is 298 Å². The Morgan fingerprint density at radius 1 is 0.562 bits per heavy atom. The smallest absolute Gasteiger partial charge is 0.222 e. The van der Waals surface area contributed by atoms with Crippen LogP contribution in [0, 0.1) is 0 Å². The second-order valence-corrected chi connectivity index (χ2v) is 14.2. The second-order valence-electron chi connectivity index (χ2n) is 14.2. The van der Waals surface area contributed by atoms with E-state index in [-0.39, 0.29) is 18.9 Å². The van der Waals surface area contributed by atoms with Gasteiger partial charge in [-0.2, -0.15) is 0 Å². The lowest BCUT2D eigenvalue weighted by Crippen LogP contribution is -2.45. The van der Waals surface area contributed by atoms with Crippen molar-refractivity contribution in [1.82, 2.24) is 5.32 Å². The summed E-state index contributed by atoms with van der Waals surface area (Å²) in [6.45, 7) is 4.10. The number of amides is 1. The number of hydrogen-bond donors (Lipinski definition) is 4. The van der Waals surface area contributed by atoms with Gasteiger partial charge in [-0.25, -0.2) is 0 Å². The molecule has 0 aromatic heterocycles.